The van der Waals surface area contributed by atoms with Gasteiger partial charge in [-0.15, -0.1) is 11.8 Å². The molecule has 0 saturated heterocycles. The predicted molar refractivity (Wildman–Crippen MR) is 84.3 cm³/mol. The molecule has 21 heavy (non-hydrogen) atoms. The van der Waals surface area contributed by atoms with Crippen LogP contribution >= 0.6 is 11.8 Å². The monoisotopic (exact) mass is 302 g/mol. The zero-order valence-corrected chi connectivity index (χ0v) is 12.9. The minimum Gasteiger partial charge on any atom is -0.497 e. The van der Waals surface area contributed by atoms with Crippen molar-refractivity contribution in [3.05, 3.63) is 53.6 Å². The zero-order chi connectivity index (χ0) is 14.8. The maximum absolute atomic E-state index is 10.7. The van der Waals surface area contributed by atoms with Crippen molar-refractivity contribution in [2.24, 2.45) is 0 Å². The van der Waals surface area contributed by atoms with Gasteiger partial charge in [-0.05, 0) is 30.2 Å². The number of benzene rings is 2. The van der Waals surface area contributed by atoms with Gasteiger partial charge in [0.2, 0.25) is 0 Å². The molecule has 0 radical (unpaired) electrons. The van der Waals surface area contributed by atoms with Gasteiger partial charge in [-0.1, -0.05) is 18.2 Å². The maximum atomic E-state index is 10.7. The van der Waals surface area contributed by atoms with Gasteiger partial charge in [0.15, 0.2) is 0 Å². The van der Waals surface area contributed by atoms with Gasteiger partial charge in [0.05, 0.1) is 20.3 Å². The highest BCUT2D eigenvalue weighted by Gasteiger charge is 2.30. The van der Waals surface area contributed by atoms with Crippen LogP contribution in [0.25, 0.3) is 0 Å². The van der Waals surface area contributed by atoms with Crippen LogP contribution in [0.4, 0.5) is 0 Å². The standard InChI is InChI=1S/C17H18O3S/c1-19-12-7-8-13(14(10-12)20-2)17(18)16-9-11-5-3-4-6-15(11)21-16/h3-8,10,16-18H,9H2,1-2H3. The summed E-state index contributed by atoms with van der Waals surface area (Å²) in [7, 11) is 3.23. The molecule has 110 valence electrons. The van der Waals surface area contributed by atoms with Crippen LogP contribution in [-0.2, 0) is 6.42 Å². The van der Waals surface area contributed by atoms with Crippen LogP contribution in [0.15, 0.2) is 47.4 Å². The summed E-state index contributed by atoms with van der Waals surface area (Å²) in [6.07, 6.45) is 0.306. The lowest BCUT2D eigenvalue weighted by molar-refractivity contribution is 0.170. The Balaban J connectivity index is 1.85. The number of fused-ring (bicyclic) bond motifs is 1. The Morgan fingerprint density at radius 1 is 1.14 bits per heavy atom. The van der Waals surface area contributed by atoms with Crippen LogP contribution in [0.1, 0.15) is 17.2 Å². The topological polar surface area (TPSA) is 38.7 Å². The van der Waals surface area contributed by atoms with Gasteiger partial charge in [0.25, 0.3) is 0 Å². The third kappa shape index (κ3) is 2.74. The van der Waals surface area contributed by atoms with Crippen molar-refractivity contribution in [3.63, 3.8) is 0 Å². The lowest BCUT2D eigenvalue weighted by atomic mass is 10.0. The molecule has 4 heteroatoms. The summed E-state index contributed by atoms with van der Waals surface area (Å²) in [6.45, 7) is 0. The van der Waals surface area contributed by atoms with Crippen LogP contribution in [-0.4, -0.2) is 24.6 Å². The third-order valence-electron chi connectivity index (χ3n) is 3.78. The van der Waals surface area contributed by atoms with Crippen molar-refractivity contribution in [2.45, 2.75) is 22.7 Å². The van der Waals surface area contributed by atoms with Crippen molar-refractivity contribution in [1.82, 2.24) is 0 Å². The Hall–Kier alpha value is -1.65. The fraction of sp³-hybridized carbons (Fsp3) is 0.294. The summed E-state index contributed by atoms with van der Waals surface area (Å²) < 4.78 is 10.6. The van der Waals surface area contributed by atoms with Gasteiger partial charge in [-0.3, -0.25) is 0 Å². The molecule has 3 rings (SSSR count). The number of methoxy groups -OCH3 is 2. The molecule has 1 N–H and O–H groups in total. The average Bonchev–Trinajstić information content (AvgIpc) is 2.97. The van der Waals surface area contributed by atoms with E-state index in [0.29, 0.717) is 5.75 Å². The van der Waals surface area contributed by atoms with E-state index in [1.807, 2.05) is 30.3 Å². The predicted octanol–water partition coefficient (Wildman–Crippen LogP) is 3.45. The summed E-state index contributed by atoms with van der Waals surface area (Å²) in [5.41, 5.74) is 2.11. The molecule has 1 aliphatic rings. The lowest BCUT2D eigenvalue weighted by Crippen LogP contribution is -2.15. The Labute approximate surface area is 128 Å². The molecular weight excluding hydrogens is 284 g/mol. The van der Waals surface area contributed by atoms with Gasteiger partial charge in [-0.2, -0.15) is 0 Å². The first-order valence-corrected chi connectivity index (χ1v) is 7.75. The van der Waals surface area contributed by atoms with Crippen molar-refractivity contribution >= 4 is 11.8 Å². The second-order valence-corrected chi connectivity index (χ2v) is 6.30. The van der Waals surface area contributed by atoms with E-state index in [2.05, 4.69) is 12.1 Å². The molecule has 2 aromatic rings. The number of hydrogen-bond acceptors (Lipinski definition) is 4. The van der Waals surface area contributed by atoms with Crippen molar-refractivity contribution in [1.29, 1.82) is 0 Å². The Morgan fingerprint density at radius 2 is 1.95 bits per heavy atom. The number of rotatable bonds is 4. The highest BCUT2D eigenvalue weighted by Crippen LogP contribution is 2.44. The molecule has 1 aliphatic heterocycles. The molecule has 2 atom stereocenters. The highest BCUT2D eigenvalue weighted by molar-refractivity contribution is 8.00. The van der Waals surface area contributed by atoms with Crippen molar-refractivity contribution in [2.75, 3.05) is 14.2 Å². The quantitative estimate of drug-likeness (QED) is 0.939. The summed E-state index contributed by atoms with van der Waals surface area (Å²) >= 11 is 1.73. The normalized spacial score (nSPS) is 18.1. The number of hydrogen-bond donors (Lipinski definition) is 1. The van der Waals surface area contributed by atoms with Gasteiger partial charge in [0.1, 0.15) is 11.5 Å². The molecule has 0 amide bonds. The third-order valence-corrected chi connectivity index (χ3v) is 5.16. The van der Waals surface area contributed by atoms with Crippen LogP contribution in [0.5, 0.6) is 11.5 Å². The summed E-state index contributed by atoms with van der Waals surface area (Å²) in [5, 5.41) is 10.8. The van der Waals surface area contributed by atoms with Crippen LogP contribution in [0.2, 0.25) is 0 Å². The van der Waals surface area contributed by atoms with Crippen LogP contribution < -0.4 is 9.47 Å². The minimum atomic E-state index is -0.566. The zero-order valence-electron chi connectivity index (χ0n) is 12.1. The molecule has 1 heterocycles. The van der Waals surface area contributed by atoms with E-state index >= 15 is 0 Å². The number of thioether (sulfide) groups is 1. The minimum absolute atomic E-state index is 0.115. The molecule has 0 spiro atoms. The number of aliphatic hydroxyl groups is 1. The second kappa shape index (κ2) is 6.00. The van der Waals surface area contributed by atoms with E-state index in [0.717, 1.165) is 17.7 Å². The maximum Gasteiger partial charge on any atom is 0.128 e. The summed E-state index contributed by atoms with van der Waals surface area (Å²) in [6, 6.07) is 13.9. The molecular formula is C17H18O3S. The van der Waals surface area contributed by atoms with E-state index < -0.39 is 6.10 Å². The number of aliphatic hydroxyl groups excluding tert-OH is 1. The van der Waals surface area contributed by atoms with Gasteiger partial charge >= 0.3 is 0 Å². The van der Waals surface area contributed by atoms with E-state index in [-0.39, 0.29) is 5.25 Å². The van der Waals surface area contributed by atoms with E-state index in [4.69, 9.17) is 9.47 Å². The smallest absolute Gasteiger partial charge is 0.128 e. The van der Waals surface area contributed by atoms with E-state index in [9.17, 15) is 5.11 Å². The van der Waals surface area contributed by atoms with Crippen LogP contribution in [0, 0.1) is 0 Å². The Bertz CT molecular complexity index is 617. The first-order valence-electron chi connectivity index (χ1n) is 6.87. The summed E-state index contributed by atoms with van der Waals surface area (Å²) in [4.78, 5) is 1.26. The van der Waals surface area contributed by atoms with Crippen LogP contribution in [0.3, 0.4) is 0 Å². The molecule has 0 bridgehead atoms. The largest absolute Gasteiger partial charge is 0.497 e. The first kappa shape index (κ1) is 14.3. The molecule has 0 aliphatic carbocycles. The average molecular weight is 302 g/mol. The first-order chi connectivity index (χ1) is 10.2. The second-order valence-electron chi connectivity index (χ2n) is 5.02. The fourth-order valence-electron chi connectivity index (χ4n) is 2.65. The summed E-state index contributed by atoms with van der Waals surface area (Å²) in [5.74, 6) is 1.39. The van der Waals surface area contributed by atoms with E-state index in [1.165, 1.54) is 10.5 Å². The molecule has 2 unspecified atom stereocenters. The highest BCUT2D eigenvalue weighted by atomic mass is 32.2. The van der Waals surface area contributed by atoms with Crippen molar-refractivity contribution in [3.8, 4) is 11.5 Å². The van der Waals surface area contributed by atoms with Gasteiger partial charge < -0.3 is 14.6 Å². The fourth-order valence-corrected chi connectivity index (χ4v) is 3.97. The SMILES string of the molecule is COc1ccc(C(O)C2Cc3ccccc3S2)c(OC)c1. The molecule has 2 aromatic carbocycles. The Morgan fingerprint density at radius 3 is 2.67 bits per heavy atom. The van der Waals surface area contributed by atoms with Gasteiger partial charge in [0, 0.05) is 21.8 Å². The van der Waals surface area contributed by atoms with E-state index in [1.54, 1.807) is 26.0 Å². The molecule has 3 nitrogen and oxygen atoms in total. The van der Waals surface area contributed by atoms with Gasteiger partial charge in [-0.25, -0.2) is 0 Å². The molecule has 0 aromatic heterocycles. The molecule has 0 saturated carbocycles. The van der Waals surface area contributed by atoms with Crippen molar-refractivity contribution < 1.29 is 14.6 Å². The lowest BCUT2D eigenvalue weighted by Gasteiger charge is -2.20. The Kier molecular flexibility index (Phi) is 4.08. The number of ether oxygens (including phenoxy) is 2. The molecule has 0 fully saturated rings.